The first-order valence-corrected chi connectivity index (χ1v) is 8.95. The van der Waals surface area contributed by atoms with E-state index in [0.717, 1.165) is 48.8 Å². The van der Waals surface area contributed by atoms with Crippen LogP contribution in [-0.4, -0.2) is 46.8 Å². The molecule has 1 aliphatic heterocycles. The molecule has 0 amide bonds. The van der Waals surface area contributed by atoms with Crippen molar-refractivity contribution in [1.82, 2.24) is 14.8 Å². The number of morpholine rings is 1. The smallest absolute Gasteiger partial charge is 0.232 e. The molecule has 2 heterocycles. The molecule has 122 valence electrons. The molecule has 0 N–H and O–H groups in total. The Morgan fingerprint density at radius 1 is 1.22 bits per heavy atom. The van der Waals surface area contributed by atoms with Crippen LogP contribution in [0.4, 0.5) is 5.95 Å². The molecule has 7 heteroatoms. The average Bonchev–Trinajstić information content (AvgIpc) is 3.00. The molecule has 0 radical (unpaired) electrons. The molecular weight excluding hydrogens is 332 g/mol. The van der Waals surface area contributed by atoms with Crippen molar-refractivity contribution in [2.45, 2.75) is 12.1 Å². The minimum atomic E-state index is 0.720. The summed E-state index contributed by atoms with van der Waals surface area (Å²) in [5.41, 5.74) is 3.83. The van der Waals surface area contributed by atoms with Crippen LogP contribution in [0.25, 0.3) is 5.69 Å². The van der Waals surface area contributed by atoms with E-state index in [1.54, 1.807) is 11.8 Å². The fourth-order valence-corrected chi connectivity index (χ4v) is 3.35. The summed E-state index contributed by atoms with van der Waals surface area (Å²) in [5, 5.41) is 9.67. The third-order valence-electron chi connectivity index (χ3n) is 3.60. The fourth-order valence-electron chi connectivity index (χ4n) is 2.40. The molecule has 0 unspecified atom stereocenters. The van der Waals surface area contributed by atoms with Crippen molar-refractivity contribution in [3.63, 3.8) is 0 Å². The molecule has 0 spiro atoms. The maximum Gasteiger partial charge on any atom is 0.232 e. The largest absolute Gasteiger partial charge is 0.378 e. The van der Waals surface area contributed by atoms with E-state index in [0.29, 0.717) is 0 Å². The average molecular weight is 351 g/mol. The summed E-state index contributed by atoms with van der Waals surface area (Å²) in [6.45, 7) is 5.18. The molecule has 5 nitrogen and oxygen atoms in total. The zero-order valence-electron chi connectivity index (χ0n) is 13.0. The SMILES string of the molecule is Cc1ccc(-n2c(SC/C=C/Cl)nnc2N2CCOCC2)cc1. The van der Waals surface area contributed by atoms with Crippen molar-refractivity contribution < 1.29 is 4.74 Å². The van der Waals surface area contributed by atoms with Gasteiger partial charge in [0.05, 0.1) is 18.9 Å². The number of anilines is 1. The molecular formula is C16H19ClN4OS. The molecule has 1 aromatic heterocycles. The van der Waals surface area contributed by atoms with Gasteiger partial charge in [0.25, 0.3) is 0 Å². The summed E-state index contributed by atoms with van der Waals surface area (Å²) in [7, 11) is 0. The van der Waals surface area contributed by atoms with Gasteiger partial charge < -0.3 is 9.64 Å². The summed E-state index contributed by atoms with van der Waals surface area (Å²) in [6, 6.07) is 8.41. The lowest BCUT2D eigenvalue weighted by Crippen LogP contribution is -2.37. The van der Waals surface area contributed by atoms with Gasteiger partial charge in [-0.25, -0.2) is 0 Å². The van der Waals surface area contributed by atoms with E-state index < -0.39 is 0 Å². The summed E-state index contributed by atoms with van der Waals surface area (Å²) in [5.74, 6) is 1.63. The van der Waals surface area contributed by atoms with Crippen LogP contribution in [0.3, 0.4) is 0 Å². The first-order chi connectivity index (χ1) is 11.3. The molecule has 3 rings (SSSR count). The predicted octanol–water partition coefficient (Wildman–Crippen LogP) is 3.26. The Bertz CT molecular complexity index is 665. The van der Waals surface area contributed by atoms with Crippen molar-refractivity contribution in [3.05, 3.63) is 41.4 Å². The second-order valence-electron chi connectivity index (χ2n) is 5.23. The molecule has 0 atom stereocenters. The predicted molar refractivity (Wildman–Crippen MR) is 94.8 cm³/mol. The fraction of sp³-hybridized carbons (Fsp3) is 0.375. The van der Waals surface area contributed by atoms with Gasteiger partial charge in [0.15, 0.2) is 5.16 Å². The first kappa shape index (κ1) is 16.4. The van der Waals surface area contributed by atoms with Gasteiger partial charge in [-0.05, 0) is 19.1 Å². The number of halogens is 1. The van der Waals surface area contributed by atoms with Crippen LogP contribution in [0, 0.1) is 6.92 Å². The van der Waals surface area contributed by atoms with Crippen molar-refractivity contribution >= 4 is 29.3 Å². The highest BCUT2D eigenvalue weighted by Gasteiger charge is 2.21. The van der Waals surface area contributed by atoms with Crippen LogP contribution in [0.5, 0.6) is 0 Å². The summed E-state index contributed by atoms with van der Waals surface area (Å²) < 4.78 is 7.55. The number of ether oxygens (including phenoxy) is 1. The Hall–Kier alpha value is -1.50. The van der Waals surface area contributed by atoms with Crippen molar-refractivity contribution in [2.75, 3.05) is 37.0 Å². The quantitative estimate of drug-likeness (QED) is 0.774. The normalized spacial score (nSPS) is 15.5. The van der Waals surface area contributed by atoms with Crippen LogP contribution < -0.4 is 4.90 Å². The Labute approximate surface area is 145 Å². The van der Waals surface area contributed by atoms with Gasteiger partial charge in [0.2, 0.25) is 5.95 Å². The van der Waals surface area contributed by atoms with Gasteiger partial charge in [0, 0.05) is 24.4 Å². The maximum absolute atomic E-state index is 5.61. The molecule has 1 fully saturated rings. The minimum absolute atomic E-state index is 0.720. The van der Waals surface area contributed by atoms with E-state index in [-0.39, 0.29) is 0 Å². The number of thioether (sulfide) groups is 1. The Morgan fingerprint density at radius 3 is 2.65 bits per heavy atom. The van der Waals surface area contributed by atoms with E-state index >= 15 is 0 Å². The first-order valence-electron chi connectivity index (χ1n) is 7.53. The summed E-state index contributed by atoms with van der Waals surface area (Å²) >= 11 is 7.23. The molecule has 1 aromatic carbocycles. The highest BCUT2D eigenvalue weighted by atomic mass is 35.5. The molecule has 1 aliphatic rings. The van der Waals surface area contributed by atoms with Gasteiger partial charge in [-0.3, -0.25) is 4.57 Å². The topological polar surface area (TPSA) is 43.2 Å². The molecule has 2 aromatic rings. The van der Waals surface area contributed by atoms with Gasteiger partial charge in [0.1, 0.15) is 0 Å². The van der Waals surface area contributed by atoms with Crippen LogP contribution in [0.15, 0.2) is 41.0 Å². The number of aromatic nitrogens is 3. The molecule has 0 bridgehead atoms. The highest BCUT2D eigenvalue weighted by Crippen LogP contribution is 2.27. The van der Waals surface area contributed by atoms with Gasteiger partial charge >= 0.3 is 0 Å². The monoisotopic (exact) mass is 350 g/mol. The molecule has 1 saturated heterocycles. The van der Waals surface area contributed by atoms with Gasteiger partial charge in [-0.2, -0.15) is 0 Å². The van der Waals surface area contributed by atoms with Crippen molar-refractivity contribution in [3.8, 4) is 5.69 Å². The lowest BCUT2D eigenvalue weighted by molar-refractivity contribution is 0.122. The Morgan fingerprint density at radius 2 is 1.96 bits per heavy atom. The van der Waals surface area contributed by atoms with Crippen molar-refractivity contribution in [2.24, 2.45) is 0 Å². The number of rotatable bonds is 5. The van der Waals surface area contributed by atoms with E-state index in [1.807, 2.05) is 6.08 Å². The lowest BCUT2D eigenvalue weighted by Gasteiger charge is -2.27. The Balaban J connectivity index is 1.96. The second kappa shape index (κ2) is 7.86. The highest BCUT2D eigenvalue weighted by molar-refractivity contribution is 7.99. The van der Waals surface area contributed by atoms with Crippen molar-refractivity contribution in [1.29, 1.82) is 0 Å². The Kier molecular flexibility index (Phi) is 5.59. The minimum Gasteiger partial charge on any atom is -0.378 e. The number of nitrogens with zero attached hydrogens (tertiary/aromatic N) is 4. The summed E-state index contributed by atoms with van der Waals surface area (Å²) in [4.78, 5) is 2.22. The standard InChI is InChI=1S/C16H19ClN4OS/c1-13-3-5-14(6-4-13)21-15(20-8-10-22-11-9-20)18-19-16(21)23-12-2-7-17/h2-7H,8-12H2,1H3/b7-2+. The number of benzene rings is 1. The van der Waals surface area contributed by atoms with Gasteiger partial charge in [-0.15, -0.1) is 10.2 Å². The third-order valence-corrected chi connectivity index (χ3v) is 4.66. The number of hydrogen-bond acceptors (Lipinski definition) is 5. The molecule has 0 saturated carbocycles. The van der Waals surface area contributed by atoms with Crippen LogP contribution >= 0.6 is 23.4 Å². The summed E-state index contributed by atoms with van der Waals surface area (Å²) in [6.07, 6.45) is 1.90. The van der Waals surface area contributed by atoms with Crippen LogP contribution in [0.1, 0.15) is 5.56 Å². The zero-order valence-corrected chi connectivity index (χ0v) is 14.6. The molecule has 23 heavy (non-hydrogen) atoms. The van der Waals surface area contributed by atoms with Gasteiger partial charge in [-0.1, -0.05) is 47.1 Å². The number of aryl methyl sites for hydroxylation is 1. The van der Waals surface area contributed by atoms with E-state index in [9.17, 15) is 0 Å². The number of hydrogen-bond donors (Lipinski definition) is 0. The van der Waals surface area contributed by atoms with E-state index in [1.165, 1.54) is 11.1 Å². The third kappa shape index (κ3) is 3.88. The van der Waals surface area contributed by atoms with Crippen LogP contribution in [0.2, 0.25) is 0 Å². The second-order valence-corrected chi connectivity index (χ2v) is 6.46. The lowest BCUT2D eigenvalue weighted by atomic mass is 10.2. The van der Waals surface area contributed by atoms with E-state index in [4.69, 9.17) is 16.3 Å². The van der Waals surface area contributed by atoms with Crippen LogP contribution in [-0.2, 0) is 4.74 Å². The molecule has 0 aliphatic carbocycles. The van der Waals surface area contributed by atoms with E-state index in [2.05, 4.69) is 50.9 Å². The zero-order chi connectivity index (χ0) is 16.1. The maximum atomic E-state index is 5.61.